The molecule has 36 heavy (non-hydrogen) atoms. The number of nitrogens with one attached hydrogen (secondary N) is 2. The molecule has 2 N–H and O–H groups in total. The summed E-state index contributed by atoms with van der Waals surface area (Å²) in [5.74, 6) is -1.51. The molecule has 0 aromatic carbocycles. The number of anilines is 3. The van der Waals surface area contributed by atoms with E-state index in [2.05, 4.69) is 25.5 Å². The first-order chi connectivity index (χ1) is 17.1. The van der Waals surface area contributed by atoms with Crippen LogP contribution in [0.15, 0.2) is 6.07 Å². The molecule has 200 valence electrons. The number of H-pyrrole nitrogens is 1. The molecule has 13 heteroatoms. The molecule has 1 saturated heterocycles. The summed E-state index contributed by atoms with van der Waals surface area (Å²) in [5.41, 5.74) is 0.286. The van der Waals surface area contributed by atoms with Crippen LogP contribution in [0.3, 0.4) is 0 Å². The van der Waals surface area contributed by atoms with E-state index in [1.807, 2.05) is 13.8 Å². The molecule has 1 aliphatic heterocycles. The van der Waals surface area contributed by atoms with Gasteiger partial charge in [0.25, 0.3) is 0 Å². The first-order valence-electron chi connectivity index (χ1n) is 12.3. The van der Waals surface area contributed by atoms with Crippen molar-refractivity contribution in [1.82, 2.24) is 24.5 Å². The fourth-order valence-corrected chi connectivity index (χ4v) is 6.30. The lowest BCUT2D eigenvalue weighted by Crippen LogP contribution is -2.56. The summed E-state index contributed by atoms with van der Waals surface area (Å²) in [7, 11) is -1.60. The van der Waals surface area contributed by atoms with Gasteiger partial charge in [-0.1, -0.05) is 13.8 Å². The number of sulfonamides is 1. The Morgan fingerprint density at radius 1 is 1.22 bits per heavy atom. The molecule has 0 bridgehead atoms. The van der Waals surface area contributed by atoms with Crippen molar-refractivity contribution in [1.29, 1.82) is 0 Å². The van der Waals surface area contributed by atoms with E-state index in [4.69, 9.17) is 4.74 Å². The van der Waals surface area contributed by atoms with Gasteiger partial charge in [-0.2, -0.15) is 14.4 Å². The smallest absolute Gasteiger partial charge is 0.360 e. The minimum Gasteiger partial charge on any atom is -0.461 e. The average molecular weight is 526 g/mol. The molecule has 0 unspecified atom stereocenters. The standard InChI is InChI=1S/C23H36FN7O4S/c1-7-15-12-17(13-16(8-2)31(15)36(33,34)10-4)30(6)23-26-20(22(32)35-9-3)19(24)21(27-23)25-18-11-14(5)28-29-18/h11,15-17H,7-10,12-13H2,1-6H3,(H2,25,26,27,28,29)/t15-,16+,17-. The van der Waals surface area contributed by atoms with Gasteiger partial charge in [0.05, 0.1) is 12.4 Å². The van der Waals surface area contributed by atoms with Gasteiger partial charge in [0, 0.05) is 36.9 Å². The van der Waals surface area contributed by atoms with Gasteiger partial charge in [-0.05, 0) is 46.5 Å². The molecule has 2 aromatic heterocycles. The summed E-state index contributed by atoms with van der Waals surface area (Å²) in [6, 6.07) is 1.19. The molecule has 0 aliphatic carbocycles. The zero-order valence-electron chi connectivity index (χ0n) is 21.7. The summed E-state index contributed by atoms with van der Waals surface area (Å²) in [6.45, 7) is 9.10. The van der Waals surface area contributed by atoms with E-state index in [-0.39, 0.29) is 42.3 Å². The van der Waals surface area contributed by atoms with Crippen molar-refractivity contribution in [3.63, 3.8) is 0 Å². The van der Waals surface area contributed by atoms with Crippen LogP contribution in [0, 0.1) is 12.7 Å². The Hall–Kier alpha value is -2.80. The molecule has 1 fully saturated rings. The zero-order valence-corrected chi connectivity index (χ0v) is 22.5. The SMILES string of the molecule is CCOC(=O)c1nc(N(C)[C@@H]2C[C@@H](CC)N(S(=O)(=O)CC)[C@@H](CC)C2)nc(Nc2cc(C)[nH]n2)c1F. The Bertz CT molecular complexity index is 1160. The van der Waals surface area contributed by atoms with Crippen molar-refractivity contribution in [2.75, 3.05) is 29.6 Å². The van der Waals surface area contributed by atoms with Gasteiger partial charge in [-0.15, -0.1) is 0 Å². The molecule has 2 aromatic rings. The fourth-order valence-electron chi connectivity index (χ4n) is 4.62. The number of piperidine rings is 1. The second-order valence-corrected chi connectivity index (χ2v) is 11.1. The maximum Gasteiger partial charge on any atom is 0.360 e. The molecule has 3 rings (SSSR count). The molecule has 0 saturated carbocycles. The topological polar surface area (TPSA) is 133 Å². The van der Waals surface area contributed by atoms with Crippen LogP contribution in [0.4, 0.5) is 22.0 Å². The highest BCUT2D eigenvalue weighted by molar-refractivity contribution is 7.89. The number of hydrogen-bond acceptors (Lipinski definition) is 9. The van der Waals surface area contributed by atoms with Gasteiger partial charge in [0.15, 0.2) is 23.1 Å². The van der Waals surface area contributed by atoms with Crippen molar-refractivity contribution >= 4 is 33.6 Å². The van der Waals surface area contributed by atoms with E-state index in [9.17, 15) is 13.2 Å². The van der Waals surface area contributed by atoms with Crippen LogP contribution in [-0.4, -0.2) is 76.4 Å². The van der Waals surface area contributed by atoms with Crippen LogP contribution in [0.25, 0.3) is 0 Å². The Balaban J connectivity index is 1.99. The summed E-state index contributed by atoms with van der Waals surface area (Å²) < 4.78 is 47.7. The number of hydrogen-bond donors (Lipinski definition) is 2. The first kappa shape index (κ1) is 27.8. The molecule has 3 heterocycles. The Morgan fingerprint density at radius 3 is 2.36 bits per heavy atom. The lowest BCUT2D eigenvalue weighted by atomic mass is 9.90. The number of nitrogens with zero attached hydrogens (tertiary/aromatic N) is 5. The van der Waals surface area contributed by atoms with Gasteiger partial charge in [0.2, 0.25) is 16.0 Å². The monoisotopic (exact) mass is 525 g/mol. The minimum atomic E-state index is -3.37. The van der Waals surface area contributed by atoms with E-state index in [1.54, 1.807) is 43.1 Å². The van der Waals surface area contributed by atoms with Crippen LogP contribution in [0.5, 0.6) is 0 Å². The second-order valence-electron chi connectivity index (χ2n) is 8.91. The summed E-state index contributed by atoms with van der Waals surface area (Å²) >= 11 is 0. The van der Waals surface area contributed by atoms with Crippen molar-refractivity contribution in [2.45, 2.75) is 78.4 Å². The predicted octanol–water partition coefficient (Wildman–Crippen LogP) is 3.38. The predicted molar refractivity (Wildman–Crippen MR) is 135 cm³/mol. The number of carbonyl (C=O) groups is 1. The third kappa shape index (κ3) is 5.77. The van der Waals surface area contributed by atoms with Crippen LogP contribution in [0.2, 0.25) is 0 Å². The largest absolute Gasteiger partial charge is 0.461 e. The zero-order chi connectivity index (χ0) is 26.6. The van der Waals surface area contributed by atoms with Gasteiger partial charge in [-0.3, -0.25) is 5.10 Å². The molecule has 0 radical (unpaired) electrons. The van der Waals surface area contributed by atoms with Crippen molar-refractivity contribution in [3.05, 3.63) is 23.3 Å². The maximum absolute atomic E-state index is 15.3. The summed E-state index contributed by atoms with van der Waals surface area (Å²) in [6.07, 6.45) is 2.42. The number of aryl methyl sites for hydroxylation is 1. The average Bonchev–Trinajstić information content (AvgIpc) is 3.28. The van der Waals surface area contributed by atoms with Gasteiger partial charge < -0.3 is 15.0 Å². The Labute approximate surface area is 211 Å². The highest BCUT2D eigenvalue weighted by Gasteiger charge is 2.42. The minimum absolute atomic E-state index is 0.0478. The van der Waals surface area contributed by atoms with Gasteiger partial charge in [0.1, 0.15) is 0 Å². The summed E-state index contributed by atoms with van der Waals surface area (Å²) in [5, 5.41) is 9.63. The quantitative estimate of drug-likeness (QED) is 0.448. The second kappa shape index (κ2) is 11.5. The van der Waals surface area contributed by atoms with Crippen LogP contribution < -0.4 is 10.2 Å². The lowest BCUT2D eigenvalue weighted by molar-refractivity contribution is 0.0513. The highest BCUT2D eigenvalue weighted by atomic mass is 32.2. The molecule has 0 spiro atoms. The van der Waals surface area contributed by atoms with Crippen molar-refractivity contribution < 1.29 is 22.3 Å². The van der Waals surface area contributed by atoms with E-state index < -0.39 is 27.5 Å². The molecule has 11 nitrogen and oxygen atoms in total. The van der Waals surface area contributed by atoms with Crippen molar-refractivity contribution in [2.24, 2.45) is 0 Å². The third-order valence-corrected chi connectivity index (χ3v) is 8.53. The van der Waals surface area contributed by atoms with E-state index >= 15 is 4.39 Å². The Kier molecular flexibility index (Phi) is 8.88. The van der Waals surface area contributed by atoms with Gasteiger partial charge in [-0.25, -0.2) is 22.6 Å². The number of rotatable bonds is 10. The molecular formula is C23H36FN7O4S. The van der Waals surface area contributed by atoms with Crippen LogP contribution >= 0.6 is 0 Å². The fraction of sp³-hybridized carbons (Fsp3) is 0.652. The Morgan fingerprint density at radius 2 is 1.86 bits per heavy atom. The normalized spacial score (nSPS) is 20.8. The first-order valence-corrected chi connectivity index (χ1v) is 13.9. The number of carbonyl (C=O) groups excluding carboxylic acids is 1. The molecule has 0 amide bonds. The van der Waals surface area contributed by atoms with Crippen molar-refractivity contribution in [3.8, 4) is 0 Å². The number of ether oxygens (including phenoxy) is 1. The molecular weight excluding hydrogens is 489 g/mol. The molecule has 3 atom stereocenters. The number of aromatic amines is 1. The van der Waals surface area contributed by atoms with Gasteiger partial charge >= 0.3 is 5.97 Å². The third-order valence-electron chi connectivity index (χ3n) is 6.56. The lowest BCUT2D eigenvalue weighted by Gasteiger charge is -2.46. The van der Waals surface area contributed by atoms with E-state index in [0.29, 0.717) is 31.5 Å². The number of aromatic nitrogens is 4. The van der Waals surface area contributed by atoms with Crippen LogP contribution in [-0.2, 0) is 14.8 Å². The van der Waals surface area contributed by atoms with Crippen LogP contribution in [0.1, 0.15) is 69.6 Å². The molecule has 1 aliphatic rings. The maximum atomic E-state index is 15.3. The number of halogens is 1. The van der Waals surface area contributed by atoms with E-state index in [1.165, 1.54) is 0 Å². The highest BCUT2D eigenvalue weighted by Crippen LogP contribution is 2.34. The number of esters is 1. The summed E-state index contributed by atoms with van der Waals surface area (Å²) in [4.78, 5) is 22.9. The van der Waals surface area contributed by atoms with E-state index in [0.717, 1.165) is 5.69 Å².